The van der Waals surface area contributed by atoms with Crippen molar-refractivity contribution in [1.82, 2.24) is 9.55 Å². The molecule has 0 radical (unpaired) electrons. The monoisotopic (exact) mass is 188 g/mol. The van der Waals surface area contributed by atoms with Gasteiger partial charge in [0.05, 0.1) is 23.5 Å². The first kappa shape index (κ1) is 8.00. The van der Waals surface area contributed by atoms with E-state index in [1.807, 2.05) is 17.9 Å². The highest BCUT2D eigenvalue weighted by molar-refractivity contribution is 5.76. The molecule has 3 heteroatoms. The minimum Gasteiger partial charge on any atom is -0.365 e. The van der Waals surface area contributed by atoms with E-state index in [0.29, 0.717) is 12.2 Å². The Labute approximate surface area is 82.3 Å². The number of imidazole rings is 1. The van der Waals surface area contributed by atoms with Gasteiger partial charge in [0.25, 0.3) is 0 Å². The van der Waals surface area contributed by atoms with Gasteiger partial charge in [0, 0.05) is 7.05 Å². The predicted octanol–water partition coefficient (Wildman–Crippen LogP) is 2.03. The van der Waals surface area contributed by atoms with Crippen molar-refractivity contribution in [1.29, 1.82) is 0 Å². The molecule has 2 atom stereocenters. The average Bonchev–Trinajstić information content (AvgIpc) is 2.80. The van der Waals surface area contributed by atoms with Crippen LogP contribution in [0.25, 0.3) is 11.0 Å². The fourth-order valence-electron chi connectivity index (χ4n) is 1.87. The Morgan fingerprint density at radius 1 is 1.43 bits per heavy atom. The number of aryl methyl sites for hydroxylation is 1. The Balaban J connectivity index is 2.12. The van der Waals surface area contributed by atoms with Crippen LogP contribution in [0.2, 0.25) is 0 Å². The zero-order chi connectivity index (χ0) is 9.71. The molecule has 1 fully saturated rings. The molecular weight excluding hydrogens is 176 g/mol. The molecule has 72 valence electrons. The quantitative estimate of drug-likeness (QED) is 0.641. The van der Waals surface area contributed by atoms with Crippen LogP contribution in [0.15, 0.2) is 24.5 Å². The smallest absolute Gasteiger partial charge is 0.109 e. The highest BCUT2D eigenvalue weighted by Crippen LogP contribution is 2.38. The van der Waals surface area contributed by atoms with Crippen molar-refractivity contribution < 1.29 is 4.74 Å². The Hall–Kier alpha value is -1.35. The van der Waals surface area contributed by atoms with Crippen LogP contribution >= 0.6 is 0 Å². The van der Waals surface area contributed by atoms with Gasteiger partial charge in [-0.2, -0.15) is 0 Å². The standard InChI is InChI=1S/C11H12N2O/c1-7-11(14-7)8-3-4-10-9(5-8)12-6-13(10)2/h3-7,11H,1-2H3. The van der Waals surface area contributed by atoms with E-state index in [1.165, 1.54) is 11.1 Å². The lowest BCUT2D eigenvalue weighted by atomic mass is 10.1. The fourth-order valence-corrected chi connectivity index (χ4v) is 1.87. The molecule has 3 rings (SSSR count). The van der Waals surface area contributed by atoms with Crippen molar-refractivity contribution in [2.75, 3.05) is 0 Å². The summed E-state index contributed by atoms with van der Waals surface area (Å²) in [5.41, 5.74) is 3.46. The molecular formula is C11H12N2O. The van der Waals surface area contributed by atoms with E-state index in [2.05, 4.69) is 30.1 Å². The third kappa shape index (κ3) is 1.06. The highest BCUT2D eigenvalue weighted by Gasteiger charge is 2.35. The van der Waals surface area contributed by atoms with Crippen LogP contribution in [-0.4, -0.2) is 15.7 Å². The molecule has 2 aromatic rings. The number of benzene rings is 1. The number of aromatic nitrogens is 2. The summed E-state index contributed by atoms with van der Waals surface area (Å²) >= 11 is 0. The Morgan fingerprint density at radius 2 is 2.21 bits per heavy atom. The number of hydrogen-bond donors (Lipinski definition) is 0. The van der Waals surface area contributed by atoms with Gasteiger partial charge >= 0.3 is 0 Å². The predicted molar refractivity (Wildman–Crippen MR) is 54.0 cm³/mol. The van der Waals surface area contributed by atoms with E-state index >= 15 is 0 Å². The summed E-state index contributed by atoms with van der Waals surface area (Å²) in [5, 5.41) is 0. The van der Waals surface area contributed by atoms with E-state index in [0.717, 1.165) is 5.52 Å². The van der Waals surface area contributed by atoms with Crippen molar-refractivity contribution in [3.05, 3.63) is 30.1 Å². The van der Waals surface area contributed by atoms with Crippen LogP contribution in [0.4, 0.5) is 0 Å². The number of nitrogens with zero attached hydrogens (tertiary/aromatic N) is 2. The molecule has 1 saturated heterocycles. The third-order valence-corrected chi connectivity index (χ3v) is 2.79. The molecule has 1 aromatic carbocycles. The molecule has 0 aliphatic carbocycles. The largest absolute Gasteiger partial charge is 0.365 e. The first-order valence-corrected chi connectivity index (χ1v) is 4.82. The Kier molecular flexibility index (Phi) is 1.47. The highest BCUT2D eigenvalue weighted by atomic mass is 16.6. The van der Waals surface area contributed by atoms with Crippen LogP contribution < -0.4 is 0 Å². The second-order valence-corrected chi connectivity index (χ2v) is 3.87. The van der Waals surface area contributed by atoms with Gasteiger partial charge in [-0.3, -0.25) is 0 Å². The first-order valence-electron chi connectivity index (χ1n) is 4.82. The van der Waals surface area contributed by atoms with Gasteiger partial charge < -0.3 is 9.30 Å². The molecule has 0 spiro atoms. The van der Waals surface area contributed by atoms with E-state index in [-0.39, 0.29) is 0 Å². The second kappa shape index (κ2) is 2.58. The normalized spacial score (nSPS) is 25.6. The molecule has 2 unspecified atom stereocenters. The zero-order valence-corrected chi connectivity index (χ0v) is 8.27. The van der Waals surface area contributed by atoms with Gasteiger partial charge in [-0.05, 0) is 24.6 Å². The Bertz CT molecular complexity index is 489. The third-order valence-electron chi connectivity index (χ3n) is 2.79. The first-order chi connectivity index (χ1) is 6.75. The summed E-state index contributed by atoms with van der Waals surface area (Å²) < 4.78 is 7.45. The van der Waals surface area contributed by atoms with Gasteiger partial charge in [-0.25, -0.2) is 4.98 Å². The van der Waals surface area contributed by atoms with Crippen molar-refractivity contribution >= 4 is 11.0 Å². The molecule has 1 aliphatic heterocycles. The minimum atomic E-state index is 0.293. The van der Waals surface area contributed by atoms with E-state index in [9.17, 15) is 0 Å². The van der Waals surface area contributed by atoms with Gasteiger partial charge in [0.1, 0.15) is 6.10 Å². The van der Waals surface area contributed by atoms with Gasteiger partial charge in [0.2, 0.25) is 0 Å². The van der Waals surface area contributed by atoms with Gasteiger partial charge in [-0.15, -0.1) is 0 Å². The van der Waals surface area contributed by atoms with Crippen LogP contribution in [0, 0.1) is 0 Å². The summed E-state index contributed by atoms with van der Waals surface area (Å²) in [6.07, 6.45) is 2.50. The topological polar surface area (TPSA) is 30.4 Å². The summed E-state index contributed by atoms with van der Waals surface area (Å²) in [6, 6.07) is 6.34. The Morgan fingerprint density at radius 3 is 2.93 bits per heavy atom. The number of ether oxygens (including phenoxy) is 1. The second-order valence-electron chi connectivity index (χ2n) is 3.87. The van der Waals surface area contributed by atoms with E-state index in [4.69, 9.17) is 4.74 Å². The molecule has 2 heterocycles. The summed E-state index contributed by atoms with van der Waals surface area (Å²) in [4.78, 5) is 4.32. The zero-order valence-electron chi connectivity index (χ0n) is 8.27. The molecule has 14 heavy (non-hydrogen) atoms. The molecule has 0 saturated carbocycles. The average molecular weight is 188 g/mol. The van der Waals surface area contributed by atoms with Crippen molar-refractivity contribution in [3.8, 4) is 0 Å². The minimum absolute atomic E-state index is 0.293. The fraction of sp³-hybridized carbons (Fsp3) is 0.364. The molecule has 1 aliphatic rings. The molecule has 1 aromatic heterocycles. The van der Waals surface area contributed by atoms with E-state index in [1.54, 1.807) is 0 Å². The van der Waals surface area contributed by atoms with Gasteiger partial charge in [-0.1, -0.05) is 6.07 Å². The van der Waals surface area contributed by atoms with Crippen LogP contribution in [-0.2, 0) is 11.8 Å². The summed E-state index contributed by atoms with van der Waals surface area (Å²) in [6.45, 7) is 2.09. The van der Waals surface area contributed by atoms with Crippen LogP contribution in [0.1, 0.15) is 18.6 Å². The van der Waals surface area contributed by atoms with E-state index < -0.39 is 0 Å². The maximum atomic E-state index is 5.42. The van der Waals surface area contributed by atoms with Gasteiger partial charge in [0.15, 0.2) is 0 Å². The molecule has 0 amide bonds. The summed E-state index contributed by atoms with van der Waals surface area (Å²) in [5.74, 6) is 0. The van der Waals surface area contributed by atoms with Crippen molar-refractivity contribution in [2.45, 2.75) is 19.1 Å². The maximum Gasteiger partial charge on any atom is 0.109 e. The van der Waals surface area contributed by atoms with Crippen molar-refractivity contribution in [3.63, 3.8) is 0 Å². The molecule has 0 bridgehead atoms. The number of rotatable bonds is 1. The molecule has 0 N–H and O–H groups in total. The van der Waals surface area contributed by atoms with Crippen LogP contribution in [0.5, 0.6) is 0 Å². The van der Waals surface area contributed by atoms with Crippen LogP contribution in [0.3, 0.4) is 0 Å². The summed E-state index contributed by atoms with van der Waals surface area (Å²) in [7, 11) is 2.01. The lowest BCUT2D eigenvalue weighted by molar-refractivity contribution is 0.383. The number of epoxide rings is 1. The number of hydrogen-bond acceptors (Lipinski definition) is 2. The van der Waals surface area contributed by atoms with Crippen molar-refractivity contribution in [2.24, 2.45) is 7.05 Å². The SMILES string of the molecule is CC1OC1c1ccc2c(c1)ncn2C. The maximum absolute atomic E-state index is 5.42. The molecule has 3 nitrogen and oxygen atoms in total. The lowest BCUT2D eigenvalue weighted by Gasteiger charge is -1.97. The number of fused-ring (bicyclic) bond motifs is 1. The lowest BCUT2D eigenvalue weighted by Crippen LogP contribution is -1.86.